The molecule has 0 saturated heterocycles. The van der Waals surface area contributed by atoms with Crippen LogP contribution in [0.4, 0.5) is 15.9 Å². The van der Waals surface area contributed by atoms with Crippen molar-refractivity contribution in [3.8, 4) is 6.07 Å². The van der Waals surface area contributed by atoms with Gasteiger partial charge in [0.25, 0.3) is 0 Å². The van der Waals surface area contributed by atoms with Gasteiger partial charge in [0.2, 0.25) is 5.91 Å². The van der Waals surface area contributed by atoms with Crippen LogP contribution in [0.1, 0.15) is 37.6 Å². The molecule has 1 aromatic carbocycles. The summed E-state index contributed by atoms with van der Waals surface area (Å²) in [6.07, 6.45) is 3.46. The Balaban J connectivity index is 1.96. The highest BCUT2D eigenvalue weighted by Gasteiger charge is 2.32. The normalized spacial score (nSPS) is 19.3. The summed E-state index contributed by atoms with van der Waals surface area (Å²) in [6.45, 7) is 3.45. The van der Waals surface area contributed by atoms with Gasteiger partial charge < -0.3 is 10.2 Å². The first-order valence-electron chi connectivity index (χ1n) is 7.57. The molecule has 2 atom stereocenters. The van der Waals surface area contributed by atoms with Gasteiger partial charge in [-0.1, -0.05) is 0 Å². The third-order valence-electron chi connectivity index (χ3n) is 4.07. The molecule has 0 bridgehead atoms. The van der Waals surface area contributed by atoms with Crippen molar-refractivity contribution in [2.75, 3.05) is 10.2 Å². The number of carbonyl (C=O) groups excluding carboxylic acids is 1. The first kappa shape index (κ1) is 15.9. The lowest BCUT2D eigenvalue weighted by atomic mass is 9.91. The molecule has 3 rings (SSSR count). The Kier molecular flexibility index (Phi) is 4.13. The number of nitrogens with one attached hydrogen (secondary N) is 1. The second-order valence-corrected chi connectivity index (χ2v) is 5.77. The van der Waals surface area contributed by atoms with E-state index in [1.165, 1.54) is 31.5 Å². The molecule has 1 N–H and O–H groups in total. The molecule has 6 nitrogen and oxygen atoms in total. The van der Waals surface area contributed by atoms with Gasteiger partial charge in [0.15, 0.2) is 5.69 Å². The van der Waals surface area contributed by atoms with Crippen LogP contribution in [0.15, 0.2) is 30.6 Å². The van der Waals surface area contributed by atoms with E-state index in [9.17, 15) is 9.18 Å². The third kappa shape index (κ3) is 2.91. The summed E-state index contributed by atoms with van der Waals surface area (Å²) in [5, 5.41) is 12.0. The first-order valence-corrected chi connectivity index (χ1v) is 7.57. The van der Waals surface area contributed by atoms with Gasteiger partial charge in [0.05, 0.1) is 18.4 Å². The summed E-state index contributed by atoms with van der Waals surface area (Å²) in [5.41, 5.74) is 1.63. The topological polar surface area (TPSA) is 81.9 Å². The van der Waals surface area contributed by atoms with Gasteiger partial charge >= 0.3 is 0 Å². The van der Waals surface area contributed by atoms with Crippen LogP contribution in [-0.4, -0.2) is 21.9 Å². The van der Waals surface area contributed by atoms with Crippen LogP contribution < -0.4 is 10.2 Å². The lowest BCUT2D eigenvalue weighted by molar-refractivity contribution is -0.117. The van der Waals surface area contributed by atoms with Crippen molar-refractivity contribution in [1.82, 2.24) is 9.97 Å². The summed E-state index contributed by atoms with van der Waals surface area (Å²) in [7, 11) is 0. The van der Waals surface area contributed by atoms with Crippen LogP contribution in [0.3, 0.4) is 0 Å². The van der Waals surface area contributed by atoms with Gasteiger partial charge in [0, 0.05) is 24.2 Å². The van der Waals surface area contributed by atoms with Crippen molar-refractivity contribution in [3.63, 3.8) is 0 Å². The van der Waals surface area contributed by atoms with Crippen LogP contribution in [0, 0.1) is 17.1 Å². The van der Waals surface area contributed by atoms with Gasteiger partial charge in [-0.25, -0.2) is 14.4 Å². The Morgan fingerprint density at radius 1 is 1.42 bits per heavy atom. The number of nitrogens with zero attached hydrogens (tertiary/aromatic N) is 4. The number of amides is 1. The second-order valence-electron chi connectivity index (χ2n) is 5.77. The predicted octanol–water partition coefficient (Wildman–Crippen LogP) is 2.79. The van der Waals surface area contributed by atoms with E-state index in [2.05, 4.69) is 15.3 Å². The van der Waals surface area contributed by atoms with Gasteiger partial charge in [-0.2, -0.15) is 5.26 Å². The SMILES string of the molecule is CC(=O)N1c2ccc(F)cc2[C@H](Nc2cnc(C#N)cn2)C[C@@H]1C. The summed E-state index contributed by atoms with van der Waals surface area (Å²) < 4.78 is 13.7. The molecule has 1 aliphatic rings. The minimum absolute atomic E-state index is 0.0377. The standard InChI is InChI=1S/C17H16FN5O/c1-10-5-15(22-17-9-20-13(7-19)8-21-17)14-6-12(18)3-4-16(14)23(10)11(2)24/h3-4,6,8-10,15H,5H2,1-2H3,(H,21,22)/t10-,15+/m0/s1. The van der Waals surface area contributed by atoms with Crippen molar-refractivity contribution >= 4 is 17.4 Å². The van der Waals surface area contributed by atoms with E-state index in [-0.39, 0.29) is 29.5 Å². The van der Waals surface area contributed by atoms with Crippen molar-refractivity contribution in [2.45, 2.75) is 32.4 Å². The van der Waals surface area contributed by atoms with Crippen LogP contribution in [0.5, 0.6) is 0 Å². The van der Waals surface area contributed by atoms with E-state index in [1.807, 2.05) is 13.0 Å². The quantitative estimate of drug-likeness (QED) is 0.918. The van der Waals surface area contributed by atoms with E-state index >= 15 is 0 Å². The number of benzene rings is 1. The fourth-order valence-corrected chi connectivity index (χ4v) is 3.09. The van der Waals surface area contributed by atoms with E-state index in [4.69, 9.17) is 5.26 Å². The van der Waals surface area contributed by atoms with Gasteiger partial charge in [0.1, 0.15) is 17.7 Å². The number of aromatic nitrogens is 2. The highest BCUT2D eigenvalue weighted by Crippen LogP contribution is 2.39. The minimum atomic E-state index is -0.357. The Labute approximate surface area is 139 Å². The molecule has 1 amide bonds. The molecule has 0 spiro atoms. The number of anilines is 2. The molecule has 24 heavy (non-hydrogen) atoms. The average molecular weight is 325 g/mol. The average Bonchev–Trinajstić information content (AvgIpc) is 2.55. The molecule has 122 valence electrons. The zero-order valence-corrected chi connectivity index (χ0v) is 13.3. The molecule has 0 fully saturated rings. The molecule has 2 heterocycles. The molecular formula is C17H16FN5O. The number of nitriles is 1. The molecule has 2 aromatic rings. The zero-order valence-electron chi connectivity index (χ0n) is 13.3. The molecule has 1 aromatic heterocycles. The Hall–Kier alpha value is -3.01. The number of fused-ring (bicyclic) bond motifs is 1. The van der Waals surface area contributed by atoms with Crippen molar-refractivity contribution < 1.29 is 9.18 Å². The molecule has 0 saturated carbocycles. The van der Waals surface area contributed by atoms with Crippen LogP contribution in [0.2, 0.25) is 0 Å². The van der Waals surface area contributed by atoms with Crippen LogP contribution >= 0.6 is 0 Å². The van der Waals surface area contributed by atoms with Gasteiger partial charge in [-0.05, 0) is 31.5 Å². The summed E-state index contributed by atoms with van der Waals surface area (Å²) in [6, 6.07) is 6.08. The number of carbonyl (C=O) groups is 1. The Morgan fingerprint density at radius 3 is 2.83 bits per heavy atom. The summed E-state index contributed by atoms with van der Waals surface area (Å²) in [5.74, 6) is 0.0641. The second kappa shape index (κ2) is 6.24. The lowest BCUT2D eigenvalue weighted by Crippen LogP contribution is -2.43. The number of halogens is 1. The highest BCUT2D eigenvalue weighted by atomic mass is 19.1. The highest BCUT2D eigenvalue weighted by molar-refractivity contribution is 5.93. The van der Waals surface area contributed by atoms with E-state index in [0.717, 1.165) is 0 Å². The maximum Gasteiger partial charge on any atom is 0.224 e. The summed E-state index contributed by atoms with van der Waals surface area (Å²) in [4.78, 5) is 21.8. The molecule has 1 aliphatic heterocycles. The Bertz CT molecular complexity index is 815. The fraction of sp³-hybridized carbons (Fsp3) is 0.294. The monoisotopic (exact) mass is 325 g/mol. The maximum atomic E-state index is 13.7. The van der Waals surface area contributed by atoms with Gasteiger partial charge in [-0.3, -0.25) is 4.79 Å². The molecule has 0 unspecified atom stereocenters. The molecule has 7 heteroatoms. The van der Waals surface area contributed by atoms with Crippen LogP contribution in [-0.2, 0) is 4.79 Å². The zero-order chi connectivity index (χ0) is 17.3. The van der Waals surface area contributed by atoms with E-state index in [1.54, 1.807) is 11.0 Å². The van der Waals surface area contributed by atoms with Crippen molar-refractivity contribution in [1.29, 1.82) is 5.26 Å². The molecule has 0 radical (unpaired) electrons. The minimum Gasteiger partial charge on any atom is -0.362 e. The van der Waals surface area contributed by atoms with Crippen molar-refractivity contribution in [2.24, 2.45) is 0 Å². The molecule has 0 aliphatic carbocycles. The third-order valence-corrected chi connectivity index (χ3v) is 4.07. The first-order chi connectivity index (χ1) is 11.5. The largest absolute Gasteiger partial charge is 0.362 e. The number of rotatable bonds is 2. The molecular weight excluding hydrogens is 309 g/mol. The number of hydrogen-bond donors (Lipinski definition) is 1. The summed E-state index contributed by atoms with van der Waals surface area (Å²) >= 11 is 0. The smallest absolute Gasteiger partial charge is 0.224 e. The maximum absolute atomic E-state index is 13.7. The van der Waals surface area contributed by atoms with Gasteiger partial charge in [-0.15, -0.1) is 0 Å². The van der Waals surface area contributed by atoms with E-state index in [0.29, 0.717) is 23.5 Å². The lowest BCUT2D eigenvalue weighted by Gasteiger charge is -2.39. The number of hydrogen-bond acceptors (Lipinski definition) is 5. The fourth-order valence-electron chi connectivity index (χ4n) is 3.09. The van der Waals surface area contributed by atoms with Crippen molar-refractivity contribution in [3.05, 3.63) is 47.7 Å². The van der Waals surface area contributed by atoms with E-state index < -0.39 is 0 Å². The predicted molar refractivity (Wildman–Crippen MR) is 86.7 cm³/mol. The van der Waals surface area contributed by atoms with Crippen LogP contribution in [0.25, 0.3) is 0 Å². The Morgan fingerprint density at radius 2 is 2.21 bits per heavy atom.